The topological polar surface area (TPSA) is 57.9 Å². The average molecular weight is 303 g/mol. The highest BCUT2D eigenvalue weighted by molar-refractivity contribution is 6.62. The molecule has 0 unspecified atom stereocenters. The summed E-state index contributed by atoms with van der Waals surface area (Å²) in [5.41, 5.74) is 1.55. The second kappa shape index (κ2) is 4.96. The molecule has 1 saturated heterocycles. The predicted octanol–water partition coefficient (Wildman–Crippen LogP) is 1.60. The lowest BCUT2D eigenvalue weighted by Crippen LogP contribution is -2.41. The predicted molar refractivity (Wildman–Crippen MR) is 84.6 cm³/mol. The summed E-state index contributed by atoms with van der Waals surface area (Å²) >= 11 is 0. The van der Waals surface area contributed by atoms with Crippen LogP contribution >= 0.6 is 0 Å². The Morgan fingerprint density at radius 1 is 1.23 bits per heavy atom. The Hall–Kier alpha value is -1.60. The van der Waals surface area contributed by atoms with Gasteiger partial charge in [0.1, 0.15) is 11.3 Å². The number of aryl methyl sites for hydroxylation is 1. The van der Waals surface area contributed by atoms with E-state index in [1.54, 1.807) is 11.6 Å². The number of aromatic nitrogens is 3. The smallest absolute Gasteiger partial charge is 0.495 e. The van der Waals surface area contributed by atoms with Gasteiger partial charge in [-0.15, -0.1) is 0 Å². The molecule has 0 saturated carbocycles. The summed E-state index contributed by atoms with van der Waals surface area (Å²) < 4.78 is 19.4. The molecule has 0 amide bonds. The van der Waals surface area contributed by atoms with Crippen LogP contribution in [0.5, 0.6) is 5.75 Å². The maximum Gasteiger partial charge on any atom is 0.520 e. The third kappa shape index (κ3) is 2.28. The summed E-state index contributed by atoms with van der Waals surface area (Å²) in [6.07, 6.45) is 2.78. The fraction of sp³-hybridized carbons (Fsp3) is 0.600. The van der Waals surface area contributed by atoms with Gasteiger partial charge in [-0.3, -0.25) is 0 Å². The number of hydrogen-bond donors (Lipinski definition) is 0. The van der Waals surface area contributed by atoms with Crippen molar-refractivity contribution in [1.82, 2.24) is 14.6 Å². The first-order valence-electron chi connectivity index (χ1n) is 7.56. The Bertz CT molecular complexity index is 695. The van der Waals surface area contributed by atoms with Crippen LogP contribution in [0.3, 0.4) is 0 Å². The van der Waals surface area contributed by atoms with E-state index in [-0.39, 0.29) is 0 Å². The fourth-order valence-corrected chi connectivity index (χ4v) is 2.42. The summed E-state index contributed by atoms with van der Waals surface area (Å²) in [7, 11) is 1.06. The van der Waals surface area contributed by atoms with E-state index in [9.17, 15) is 0 Å². The summed E-state index contributed by atoms with van der Waals surface area (Å²) in [6, 6.07) is 1.87. The molecule has 0 bridgehead atoms. The minimum atomic E-state index is -0.558. The fourth-order valence-electron chi connectivity index (χ4n) is 2.42. The third-order valence-corrected chi connectivity index (χ3v) is 4.55. The van der Waals surface area contributed by atoms with Crippen molar-refractivity contribution in [2.45, 2.75) is 52.2 Å². The Kier molecular flexibility index (Phi) is 3.45. The van der Waals surface area contributed by atoms with E-state index in [4.69, 9.17) is 14.0 Å². The van der Waals surface area contributed by atoms with Crippen LogP contribution in [0.25, 0.3) is 5.65 Å². The SMILES string of the molecule is CCc1cn2nc(B3OC(C)(C)C(C)(C)O3)c(OC)cc2n1. The first kappa shape index (κ1) is 15.3. The molecule has 0 radical (unpaired) electrons. The van der Waals surface area contributed by atoms with Crippen LogP contribution in [0, 0.1) is 0 Å². The summed E-state index contributed by atoms with van der Waals surface area (Å²) in [6.45, 7) is 10.1. The van der Waals surface area contributed by atoms with Crippen LogP contribution in [-0.4, -0.2) is 40.0 Å². The summed E-state index contributed by atoms with van der Waals surface area (Å²) in [5.74, 6) is 0.624. The quantitative estimate of drug-likeness (QED) is 0.806. The molecule has 1 aliphatic rings. The van der Waals surface area contributed by atoms with E-state index in [0.29, 0.717) is 11.3 Å². The van der Waals surface area contributed by atoms with Crippen molar-refractivity contribution in [3.63, 3.8) is 0 Å². The highest BCUT2D eigenvalue weighted by atomic mass is 16.7. The molecule has 7 heteroatoms. The first-order chi connectivity index (χ1) is 10.3. The zero-order valence-electron chi connectivity index (χ0n) is 14.0. The van der Waals surface area contributed by atoms with Gasteiger partial charge in [-0.25, -0.2) is 9.50 Å². The van der Waals surface area contributed by atoms with Gasteiger partial charge in [0, 0.05) is 6.07 Å². The Balaban J connectivity index is 2.06. The lowest BCUT2D eigenvalue weighted by molar-refractivity contribution is 0.00578. The molecule has 118 valence electrons. The van der Waals surface area contributed by atoms with Crippen LogP contribution in [0.4, 0.5) is 0 Å². The minimum absolute atomic E-state index is 0.414. The zero-order chi connectivity index (χ0) is 16.1. The van der Waals surface area contributed by atoms with E-state index in [2.05, 4.69) is 17.0 Å². The van der Waals surface area contributed by atoms with Crippen molar-refractivity contribution >= 4 is 18.4 Å². The number of ether oxygens (including phenoxy) is 1. The van der Waals surface area contributed by atoms with Crippen molar-refractivity contribution in [3.8, 4) is 5.75 Å². The summed E-state index contributed by atoms with van der Waals surface area (Å²) in [4.78, 5) is 4.50. The minimum Gasteiger partial charge on any atom is -0.495 e. The monoisotopic (exact) mass is 303 g/mol. The number of methoxy groups -OCH3 is 1. The van der Waals surface area contributed by atoms with E-state index < -0.39 is 18.3 Å². The van der Waals surface area contributed by atoms with Crippen LogP contribution in [0.2, 0.25) is 0 Å². The highest BCUT2D eigenvalue weighted by Gasteiger charge is 2.53. The van der Waals surface area contributed by atoms with Crippen LogP contribution in [-0.2, 0) is 15.7 Å². The van der Waals surface area contributed by atoms with Gasteiger partial charge in [-0.1, -0.05) is 6.92 Å². The van der Waals surface area contributed by atoms with Gasteiger partial charge in [0.2, 0.25) is 0 Å². The van der Waals surface area contributed by atoms with Crippen molar-refractivity contribution in [2.24, 2.45) is 0 Å². The van der Waals surface area contributed by atoms with Crippen LogP contribution < -0.4 is 10.3 Å². The lowest BCUT2D eigenvalue weighted by Gasteiger charge is -2.32. The van der Waals surface area contributed by atoms with Crippen molar-refractivity contribution < 1.29 is 14.0 Å². The number of fused-ring (bicyclic) bond motifs is 1. The molecule has 0 atom stereocenters. The van der Waals surface area contributed by atoms with Gasteiger partial charge in [-0.2, -0.15) is 5.10 Å². The molecular formula is C15H22BN3O3. The van der Waals surface area contributed by atoms with Crippen LogP contribution in [0.15, 0.2) is 12.3 Å². The van der Waals surface area contributed by atoms with E-state index in [1.165, 1.54) is 0 Å². The molecule has 0 N–H and O–H groups in total. The second-order valence-electron chi connectivity index (χ2n) is 6.57. The number of nitrogens with zero attached hydrogens (tertiary/aromatic N) is 3. The van der Waals surface area contributed by atoms with Gasteiger partial charge in [0.15, 0.2) is 5.65 Å². The zero-order valence-corrected chi connectivity index (χ0v) is 14.0. The van der Waals surface area contributed by atoms with Gasteiger partial charge in [0.05, 0.1) is 30.2 Å². The molecular weight excluding hydrogens is 281 g/mol. The maximum atomic E-state index is 6.08. The number of imidazole rings is 1. The molecule has 22 heavy (non-hydrogen) atoms. The molecule has 2 aromatic rings. The number of rotatable bonds is 3. The van der Waals surface area contributed by atoms with Gasteiger partial charge < -0.3 is 14.0 Å². The Morgan fingerprint density at radius 2 is 1.86 bits per heavy atom. The molecule has 1 fully saturated rings. The molecule has 3 rings (SSSR count). The number of hydrogen-bond acceptors (Lipinski definition) is 5. The average Bonchev–Trinajstić information content (AvgIpc) is 2.94. The van der Waals surface area contributed by atoms with Crippen molar-refractivity contribution in [2.75, 3.05) is 7.11 Å². The first-order valence-corrected chi connectivity index (χ1v) is 7.56. The van der Waals surface area contributed by atoms with Crippen molar-refractivity contribution in [1.29, 1.82) is 0 Å². The molecule has 0 aromatic carbocycles. The lowest BCUT2D eigenvalue weighted by atomic mass is 9.84. The molecule has 0 aliphatic carbocycles. The largest absolute Gasteiger partial charge is 0.520 e. The van der Waals surface area contributed by atoms with Gasteiger partial charge in [0.25, 0.3) is 0 Å². The maximum absolute atomic E-state index is 6.08. The molecule has 1 aliphatic heterocycles. The van der Waals surface area contributed by atoms with Crippen LogP contribution in [0.1, 0.15) is 40.3 Å². The van der Waals surface area contributed by atoms with E-state index in [1.807, 2.05) is 40.0 Å². The molecule has 2 aromatic heterocycles. The standard InChI is InChI=1S/C15H22BN3O3/c1-7-10-9-19-12(17-10)8-11(20-6)13(18-19)16-21-14(2,3)15(4,5)22-16/h8-9H,7H2,1-6H3. The van der Waals surface area contributed by atoms with Crippen molar-refractivity contribution in [3.05, 3.63) is 18.0 Å². The molecule has 0 spiro atoms. The third-order valence-electron chi connectivity index (χ3n) is 4.55. The van der Waals surface area contributed by atoms with E-state index >= 15 is 0 Å². The molecule has 3 heterocycles. The normalized spacial score (nSPS) is 19.8. The highest BCUT2D eigenvalue weighted by Crippen LogP contribution is 2.37. The second-order valence-corrected chi connectivity index (χ2v) is 6.57. The van der Waals surface area contributed by atoms with Gasteiger partial charge in [-0.05, 0) is 34.1 Å². The van der Waals surface area contributed by atoms with Gasteiger partial charge >= 0.3 is 7.12 Å². The Labute approximate surface area is 130 Å². The molecule has 6 nitrogen and oxygen atoms in total. The Morgan fingerprint density at radius 3 is 2.41 bits per heavy atom. The van der Waals surface area contributed by atoms with E-state index in [0.717, 1.165) is 17.8 Å². The summed E-state index contributed by atoms with van der Waals surface area (Å²) in [5, 5.41) is 4.61.